The van der Waals surface area contributed by atoms with Crippen LogP contribution in [0.15, 0.2) is 12.4 Å². The van der Waals surface area contributed by atoms with Gasteiger partial charge in [0.15, 0.2) is 0 Å². The van der Waals surface area contributed by atoms with Crippen molar-refractivity contribution in [3.63, 3.8) is 0 Å². The van der Waals surface area contributed by atoms with Crippen molar-refractivity contribution in [2.45, 2.75) is 0 Å². The van der Waals surface area contributed by atoms with Gasteiger partial charge in [-0.15, -0.1) is 0 Å². The van der Waals surface area contributed by atoms with E-state index in [-0.39, 0.29) is 36.9 Å². The van der Waals surface area contributed by atoms with Crippen LogP contribution in [0, 0.1) is 36.9 Å². The Hall–Kier alpha value is 0.374. The largest absolute Gasteiger partial charge is 0.198 e. The van der Waals surface area contributed by atoms with E-state index in [2.05, 4.69) is 15.4 Å². The van der Waals surface area contributed by atoms with Gasteiger partial charge in [-0.3, -0.25) is 0 Å². The predicted octanol–water partition coefficient (Wildman–Crippen LogP) is -0.195. The van der Waals surface area contributed by atoms with Gasteiger partial charge >= 0.3 is 0 Å². The van der Waals surface area contributed by atoms with E-state index in [1.807, 2.05) is 0 Å². The molecule has 1 N–H and O–H groups in total. The zero-order chi connectivity index (χ0) is 3.54. The molecular weight excluding hydrogens is 241 g/mol. The second-order valence-electron chi connectivity index (χ2n) is 0.656. The van der Waals surface area contributed by atoms with Crippen LogP contribution in [0.25, 0.3) is 0 Å². The molecule has 1 aromatic heterocycles. The van der Waals surface area contributed by atoms with E-state index in [0.29, 0.717) is 0 Å². The van der Waals surface area contributed by atoms with Gasteiger partial charge in [-0.05, 0) is 0 Å². The fourth-order valence-corrected chi connectivity index (χ4v) is 0.167. The van der Waals surface area contributed by atoms with Crippen molar-refractivity contribution in [2.75, 3.05) is 0 Å². The van der Waals surface area contributed by atoms with Crippen molar-refractivity contribution in [2.24, 2.45) is 0 Å². The van der Waals surface area contributed by atoms with Crippen LogP contribution in [0.5, 0.6) is 0 Å². The minimum atomic E-state index is 0. The minimum Gasteiger partial charge on any atom is -0.198 e. The standard InChI is InChI=1S/C2H3N3.Lu/c1-2-4-5-3-1;/h1-2H,(H,3,4,5);. The fourth-order valence-electron chi connectivity index (χ4n) is 0.167. The van der Waals surface area contributed by atoms with Gasteiger partial charge in [-0.2, -0.15) is 15.4 Å². The van der Waals surface area contributed by atoms with Crippen LogP contribution in [0.4, 0.5) is 0 Å². The van der Waals surface area contributed by atoms with Crippen LogP contribution in [-0.2, 0) is 0 Å². The van der Waals surface area contributed by atoms with Crippen molar-refractivity contribution < 1.29 is 36.9 Å². The molecule has 0 unspecified atom stereocenters. The van der Waals surface area contributed by atoms with Gasteiger partial charge in [0, 0.05) is 36.9 Å². The SMILES string of the molecule is [Lu].c1cn[nH]n1. The third kappa shape index (κ3) is 1.72. The van der Waals surface area contributed by atoms with Crippen molar-refractivity contribution in [3.05, 3.63) is 12.4 Å². The molecule has 0 amide bonds. The summed E-state index contributed by atoms with van der Waals surface area (Å²) in [6.45, 7) is 0. The summed E-state index contributed by atoms with van der Waals surface area (Å²) < 4.78 is 0. The minimum absolute atomic E-state index is 0. The molecule has 0 saturated heterocycles. The topological polar surface area (TPSA) is 41.6 Å². The molecule has 41 valence electrons. The zero-order valence-corrected chi connectivity index (χ0v) is 4.46. The maximum atomic E-state index is 3.49. The Labute approximate surface area is 64.3 Å². The number of nitrogens with zero attached hydrogens (tertiary/aromatic N) is 2. The van der Waals surface area contributed by atoms with Crippen molar-refractivity contribution >= 4 is 0 Å². The fraction of sp³-hybridized carbons (Fsp3) is 0. The van der Waals surface area contributed by atoms with Gasteiger partial charge in [0.1, 0.15) is 0 Å². The number of H-pyrrole nitrogens is 1. The number of rotatable bonds is 0. The van der Waals surface area contributed by atoms with Crippen LogP contribution in [0.2, 0.25) is 0 Å². The van der Waals surface area contributed by atoms with Gasteiger partial charge in [0.05, 0.1) is 12.4 Å². The predicted molar refractivity (Wildman–Crippen MR) is 16.4 cm³/mol. The van der Waals surface area contributed by atoms with Crippen molar-refractivity contribution in [3.8, 4) is 0 Å². The Bertz CT molecular complexity index is 65.3. The van der Waals surface area contributed by atoms with E-state index >= 15 is 0 Å². The molecule has 0 atom stereocenters. The monoisotopic (exact) mass is 244 g/mol. The Morgan fingerprint density at radius 2 is 1.67 bits per heavy atom. The Balaban J connectivity index is 0.000000250. The molecule has 0 spiro atoms. The molecule has 0 saturated carbocycles. The molecule has 6 heavy (non-hydrogen) atoms. The Morgan fingerprint density at radius 1 is 1.17 bits per heavy atom. The summed E-state index contributed by atoms with van der Waals surface area (Å²) in [6.07, 6.45) is 3.17. The first-order chi connectivity index (χ1) is 2.50. The van der Waals surface area contributed by atoms with E-state index in [4.69, 9.17) is 0 Å². The summed E-state index contributed by atoms with van der Waals surface area (Å²) in [5, 5.41) is 9.33. The van der Waals surface area contributed by atoms with Gasteiger partial charge in [-0.1, -0.05) is 0 Å². The summed E-state index contributed by atoms with van der Waals surface area (Å²) in [6, 6.07) is 0. The van der Waals surface area contributed by atoms with Gasteiger partial charge in [-0.25, -0.2) is 0 Å². The smallest absolute Gasteiger partial charge is 0.0690 e. The molecule has 1 rings (SSSR count). The molecule has 4 heteroatoms. The summed E-state index contributed by atoms with van der Waals surface area (Å²) in [7, 11) is 0. The maximum absolute atomic E-state index is 3.49. The van der Waals surface area contributed by atoms with Gasteiger partial charge < -0.3 is 0 Å². The molecule has 0 aromatic carbocycles. The normalized spacial score (nSPS) is 6.67. The average Bonchev–Trinajstić information content (AvgIpc) is 1.76. The van der Waals surface area contributed by atoms with Crippen molar-refractivity contribution in [1.29, 1.82) is 0 Å². The molecule has 1 heterocycles. The molecule has 0 aliphatic rings. The summed E-state index contributed by atoms with van der Waals surface area (Å²) >= 11 is 0. The molecule has 0 aliphatic heterocycles. The number of hydrogen-bond acceptors (Lipinski definition) is 2. The third-order valence-corrected chi connectivity index (χ3v) is 0.331. The van der Waals surface area contributed by atoms with E-state index < -0.39 is 0 Å². The Morgan fingerprint density at radius 3 is 1.83 bits per heavy atom. The summed E-state index contributed by atoms with van der Waals surface area (Å²) in [5.74, 6) is 0. The first-order valence-corrected chi connectivity index (χ1v) is 1.30. The van der Waals surface area contributed by atoms with E-state index in [1.54, 1.807) is 12.4 Å². The molecular formula is C2H3LuN3. The first-order valence-electron chi connectivity index (χ1n) is 1.30. The van der Waals surface area contributed by atoms with E-state index in [9.17, 15) is 0 Å². The molecule has 1 radical (unpaired) electrons. The number of hydrogen-bond donors (Lipinski definition) is 1. The summed E-state index contributed by atoms with van der Waals surface area (Å²) in [4.78, 5) is 0. The number of nitrogens with one attached hydrogen (secondary N) is 1. The number of aromatic amines is 1. The molecule has 0 bridgehead atoms. The Kier molecular flexibility index (Phi) is 3.78. The van der Waals surface area contributed by atoms with Crippen LogP contribution in [-0.4, -0.2) is 15.4 Å². The van der Waals surface area contributed by atoms with E-state index in [0.717, 1.165) is 0 Å². The zero-order valence-electron chi connectivity index (χ0n) is 2.81. The van der Waals surface area contributed by atoms with Gasteiger partial charge in [0.25, 0.3) is 0 Å². The van der Waals surface area contributed by atoms with Crippen LogP contribution in [0.1, 0.15) is 0 Å². The maximum Gasteiger partial charge on any atom is 0.0690 e. The van der Waals surface area contributed by atoms with Crippen LogP contribution < -0.4 is 0 Å². The quantitative estimate of drug-likeness (QED) is 0.687. The number of aromatic nitrogens is 3. The van der Waals surface area contributed by atoms with Gasteiger partial charge in [0.2, 0.25) is 0 Å². The average molecular weight is 244 g/mol. The second-order valence-corrected chi connectivity index (χ2v) is 0.656. The molecule has 0 aliphatic carbocycles. The second kappa shape index (κ2) is 3.56. The summed E-state index contributed by atoms with van der Waals surface area (Å²) in [5.41, 5.74) is 0. The molecule has 0 fully saturated rings. The van der Waals surface area contributed by atoms with Crippen LogP contribution in [0.3, 0.4) is 0 Å². The van der Waals surface area contributed by atoms with E-state index in [1.165, 1.54) is 0 Å². The molecule has 1 aromatic rings. The molecule has 3 nitrogen and oxygen atoms in total. The van der Waals surface area contributed by atoms with Crippen molar-refractivity contribution in [1.82, 2.24) is 15.4 Å². The van der Waals surface area contributed by atoms with Crippen LogP contribution >= 0.6 is 0 Å². The first kappa shape index (κ1) is 6.37. The third-order valence-electron chi connectivity index (χ3n) is 0.331.